The molecule has 3 aromatic rings. The van der Waals surface area contributed by atoms with Gasteiger partial charge in [0.25, 0.3) is 15.9 Å². The average Bonchev–Trinajstić information content (AvgIpc) is 3.15. The lowest BCUT2D eigenvalue weighted by Crippen LogP contribution is -2.33. The number of alkyl halides is 6. The van der Waals surface area contributed by atoms with Gasteiger partial charge in [0.15, 0.2) is 11.4 Å². The molecule has 0 aliphatic rings. The van der Waals surface area contributed by atoms with Gasteiger partial charge in [-0.2, -0.15) is 26.3 Å². The molecular weight excluding hydrogens is 596 g/mol. The Hall–Kier alpha value is -2.26. The van der Waals surface area contributed by atoms with Gasteiger partial charge in [-0.25, -0.2) is 17.8 Å². The van der Waals surface area contributed by atoms with Crippen LogP contribution in [-0.4, -0.2) is 29.3 Å². The zero-order valence-corrected chi connectivity index (χ0v) is 20.0. The number of carbonyl (C=O) groups excluding carboxylic acids is 1. The summed E-state index contributed by atoms with van der Waals surface area (Å²) < 4.78 is 108. The molecule has 0 atom stereocenters. The van der Waals surface area contributed by atoms with Crippen LogP contribution in [0.15, 0.2) is 35.2 Å². The summed E-state index contributed by atoms with van der Waals surface area (Å²) in [6.07, 6.45) is -10.7. The van der Waals surface area contributed by atoms with Crippen molar-refractivity contribution >= 4 is 62.3 Å². The van der Waals surface area contributed by atoms with Crippen LogP contribution >= 0.6 is 46.4 Å². The van der Waals surface area contributed by atoms with E-state index in [1.54, 1.807) is 0 Å². The highest BCUT2D eigenvalue weighted by molar-refractivity contribution is 7.90. The zero-order chi connectivity index (χ0) is 26.5. The van der Waals surface area contributed by atoms with Crippen molar-refractivity contribution in [1.29, 1.82) is 0 Å². The predicted octanol–water partition coefficient (Wildman–Crippen LogP) is 6.04. The number of hydrogen-bond acceptors (Lipinski definition) is 5. The largest absolute Gasteiger partial charge is 0.435 e. The molecule has 7 nitrogen and oxygen atoms in total. The van der Waals surface area contributed by atoms with Crippen LogP contribution in [0.4, 0.5) is 26.3 Å². The Morgan fingerprint density at radius 2 is 1.49 bits per heavy atom. The second-order valence-corrected chi connectivity index (χ2v) is 9.80. The van der Waals surface area contributed by atoms with E-state index in [-0.39, 0.29) is 14.7 Å². The molecule has 35 heavy (non-hydrogen) atoms. The first kappa shape index (κ1) is 27.3. The van der Waals surface area contributed by atoms with E-state index in [0.29, 0.717) is 12.1 Å². The molecule has 0 fully saturated rings. The Kier molecular flexibility index (Phi) is 7.27. The van der Waals surface area contributed by atoms with E-state index in [0.717, 1.165) is 18.2 Å². The van der Waals surface area contributed by atoms with Crippen LogP contribution in [0.1, 0.15) is 21.7 Å². The molecule has 1 amide bonds. The minimum atomic E-state index is -5.51. The van der Waals surface area contributed by atoms with E-state index in [4.69, 9.17) is 46.4 Å². The number of amides is 1. The van der Waals surface area contributed by atoms with E-state index < -0.39 is 65.9 Å². The third kappa shape index (κ3) is 5.61. The molecule has 0 saturated carbocycles. The van der Waals surface area contributed by atoms with Crippen molar-refractivity contribution in [2.75, 3.05) is 0 Å². The summed E-state index contributed by atoms with van der Waals surface area (Å²) in [4.78, 5) is 11.7. The molecule has 0 radical (unpaired) electrons. The summed E-state index contributed by atoms with van der Waals surface area (Å²) in [5.41, 5.74) is -6.52. The molecule has 1 aromatic heterocycles. The number of nitrogens with zero attached hydrogens (tertiary/aromatic N) is 3. The Bertz CT molecular complexity index is 1440. The Morgan fingerprint density at radius 3 is 2.06 bits per heavy atom. The lowest BCUT2D eigenvalue weighted by molar-refractivity contribution is -0.145. The second kappa shape index (κ2) is 9.32. The van der Waals surface area contributed by atoms with Gasteiger partial charge in [-0.1, -0.05) is 51.6 Å². The monoisotopic (exact) mass is 600 g/mol. The maximum absolute atomic E-state index is 13.8. The quantitative estimate of drug-likeness (QED) is 0.291. The van der Waals surface area contributed by atoms with Gasteiger partial charge in [0, 0.05) is 5.02 Å². The molecule has 1 N–H and O–H groups in total. The number of sulfonamides is 1. The van der Waals surface area contributed by atoms with E-state index in [9.17, 15) is 39.6 Å². The minimum Gasteiger partial charge on any atom is -0.266 e. The fourth-order valence-corrected chi connectivity index (χ4v) is 4.84. The van der Waals surface area contributed by atoms with Crippen LogP contribution in [0, 0.1) is 0 Å². The molecule has 0 saturated heterocycles. The fourth-order valence-electron chi connectivity index (χ4n) is 2.71. The summed E-state index contributed by atoms with van der Waals surface area (Å²) in [6.45, 7) is 0. The van der Waals surface area contributed by atoms with Gasteiger partial charge in [-0.3, -0.25) is 4.79 Å². The molecule has 0 unspecified atom stereocenters. The van der Waals surface area contributed by atoms with E-state index in [1.165, 1.54) is 4.72 Å². The van der Waals surface area contributed by atoms with Gasteiger partial charge in [0.1, 0.15) is 4.90 Å². The Morgan fingerprint density at radius 1 is 0.886 bits per heavy atom. The summed E-state index contributed by atoms with van der Waals surface area (Å²) in [6, 6.07) is 3.40. The molecular formula is C17H6Cl4F6N4O3S. The Balaban J connectivity index is 2.14. The van der Waals surface area contributed by atoms with Crippen molar-refractivity contribution in [3.05, 3.63) is 67.4 Å². The van der Waals surface area contributed by atoms with Crippen molar-refractivity contribution < 1.29 is 39.6 Å². The van der Waals surface area contributed by atoms with Crippen LogP contribution in [0.3, 0.4) is 0 Å². The van der Waals surface area contributed by atoms with E-state index in [2.05, 4.69) is 10.3 Å². The van der Waals surface area contributed by atoms with Gasteiger partial charge in [-0.05, 0) is 30.3 Å². The first-order valence-electron chi connectivity index (χ1n) is 8.55. The van der Waals surface area contributed by atoms with Crippen LogP contribution in [0.25, 0.3) is 5.69 Å². The van der Waals surface area contributed by atoms with Crippen LogP contribution in [0.2, 0.25) is 20.1 Å². The molecule has 1 heterocycles. The number of halogens is 10. The van der Waals surface area contributed by atoms with Crippen molar-refractivity contribution in [3.8, 4) is 5.69 Å². The van der Waals surface area contributed by atoms with Gasteiger partial charge >= 0.3 is 12.4 Å². The molecule has 188 valence electrons. The number of hydrogen-bond donors (Lipinski definition) is 1. The normalized spacial score (nSPS) is 12.6. The highest BCUT2D eigenvalue weighted by Crippen LogP contribution is 2.39. The molecule has 3 rings (SSSR count). The highest BCUT2D eigenvalue weighted by atomic mass is 35.5. The van der Waals surface area contributed by atoms with Crippen molar-refractivity contribution in [2.45, 2.75) is 17.2 Å². The van der Waals surface area contributed by atoms with Crippen molar-refractivity contribution in [2.24, 2.45) is 0 Å². The number of benzene rings is 2. The summed E-state index contributed by atoms with van der Waals surface area (Å²) >= 11 is 22.7. The molecule has 0 aliphatic heterocycles. The summed E-state index contributed by atoms with van der Waals surface area (Å²) in [7, 11) is -4.95. The first-order valence-corrected chi connectivity index (χ1v) is 11.5. The number of aromatic nitrogens is 3. The number of rotatable bonds is 4. The molecule has 18 heteroatoms. The van der Waals surface area contributed by atoms with Gasteiger partial charge in [-0.15, -0.1) is 5.10 Å². The number of nitrogens with one attached hydrogen (secondary N) is 1. The second-order valence-electron chi connectivity index (χ2n) is 6.49. The molecule has 0 spiro atoms. The van der Waals surface area contributed by atoms with Crippen LogP contribution in [-0.2, 0) is 22.4 Å². The third-order valence-corrected chi connectivity index (χ3v) is 6.89. The highest BCUT2D eigenvalue weighted by Gasteiger charge is 2.44. The van der Waals surface area contributed by atoms with Crippen LogP contribution < -0.4 is 4.72 Å². The van der Waals surface area contributed by atoms with Gasteiger partial charge in [0.2, 0.25) is 0 Å². The van der Waals surface area contributed by atoms with Gasteiger partial charge in [0.05, 0.1) is 26.3 Å². The summed E-state index contributed by atoms with van der Waals surface area (Å²) in [5, 5.41) is 4.53. The van der Waals surface area contributed by atoms with Crippen molar-refractivity contribution in [1.82, 2.24) is 19.7 Å². The Labute approximate surface area is 211 Å². The predicted molar refractivity (Wildman–Crippen MR) is 112 cm³/mol. The third-order valence-electron chi connectivity index (χ3n) is 4.14. The standard InChI is InChI=1S/C17H6Cl4F6N4O3S/c18-6-1-2-11(7(3-6)16(22,23)24)31-14(17(25,26)27)13(28-30-31)15(32)29-35(33,34)12-5-9(20)8(19)4-10(12)21/h1-5H,(H,29,32). The maximum atomic E-state index is 13.8. The lowest BCUT2D eigenvalue weighted by atomic mass is 10.1. The minimum absolute atomic E-state index is 0.160. The maximum Gasteiger partial charge on any atom is 0.435 e. The van der Waals surface area contributed by atoms with E-state index >= 15 is 0 Å². The fraction of sp³-hybridized carbons (Fsp3) is 0.118. The lowest BCUT2D eigenvalue weighted by Gasteiger charge is -2.16. The topological polar surface area (TPSA) is 93.9 Å². The van der Waals surface area contributed by atoms with Crippen LogP contribution in [0.5, 0.6) is 0 Å². The van der Waals surface area contributed by atoms with E-state index in [1.807, 2.05) is 0 Å². The smallest absolute Gasteiger partial charge is 0.266 e. The SMILES string of the molecule is O=C(NS(=O)(=O)c1cc(Cl)c(Cl)cc1Cl)c1nnn(-c2ccc(Cl)cc2C(F)(F)F)c1C(F)(F)F. The van der Waals surface area contributed by atoms with Gasteiger partial charge < -0.3 is 0 Å². The molecule has 0 aliphatic carbocycles. The van der Waals surface area contributed by atoms with Crippen molar-refractivity contribution in [3.63, 3.8) is 0 Å². The molecule has 2 aromatic carbocycles. The number of carbonyl (C=O) groups is 1. The first-order chi connectivity index (χ1) is 15.9. The summed E-state index contributed by atoms with van der Waals surface area (Å²) in [5.74, 6) is -1.96. The zero-order valence-electron chi connectivity index (χ0n) is 16.1. The molecule has 0 bridgehead atoms. The average molecular weight is 602 g/mol.